The molecule has 0 fully saturated rings. The van der Waals surface area contributed by atoms with Crippen molar-refractivity contribution in [1.29, 1.82) is 0 Å². The van der Waals surface area contributed by atoms with E-state index in [9.17, 15) is 9.59 Å². The second kappa shape index (κ2) is 7.03. The number of nitrogens with one attached hydrogen (secondary N) is 1. The van der Waals surface area contributed by atoms with Gasteiger partial charge in [-0.3, -0.25) is 4.79 Å². The summed E-state index contributed by atoms with van der Waals surface area (Å²) in [5, 5.41) is 11.4. The van der Waals surface area contributed by atoms with Crippen LogP contribution in [0.25, 0.3) is 0 Å². The Morgan fingerprint density at radius 3 is 2.89 bits per heavy atom. The molecular formula is C13H22N2O3. The maximum absolute atomic E-state index is 11.9. The van der Waals surface area contributed by atoms with Gasteiger partial charge in [0.2, 0.25) is 0 Å². The van der Waals surface area contributed by atoms with Crippen molar-refractivity contribution in [1.82, 2.24) is 10.2 Å². The van der Waals surface area contributed by atoms with Crippen molar-refractivity contribution >= 4 is 12.0 Å². The normalized spacial score (nSPS) is 17.0. The van der Waals surface area contributed by atoms with Crippen LogP contribution in [0, 0.1) is 5.92 Å². The van der Waals surface area contributed by atoms with Crippen molar-refractivity contribution in [2.75, 3.05) is 19.6 Å². The Bertz CT molecular complexity index is 339. The molecule has 0 saturated heterocycles. The average molecular weight is 254 g/mol. The number of hydrogen-bond acceptors (Lipinski definition) is 2. The molecule has 2 amide bonds. The van der Waals surface area contributed by atoms with Crippen molar-refractivity contribution < 1.29 is 14.7 Å². The largest absolute Gasteiger partial charge is 0.481 e. The van der Waals surface area contributed by atoms with Gasteiger partial charge in [-0.15, -0.1) is 0 Å². The lowest BCUT2D eigenvalue weighted by atomic mass is 10.1. The van der Waals surface area contributed by atoms with Crippen molar-refractivity contribution in [3.63, 3.8) is 0 Å². The van der Waals surface area contributed by atoms with Crippen molar-refractivity contribution in [2.24, 2.45) is 5.92 Å². The molecule has 0 saturated carbocycles. The minimum Gasteiger partial charge on any atom is -0.481 e. The highest BCUT2D eigenvalue weighted by molar-refractivity contribution is 5.74. The Hall–Kier alpha value is -1.52. The summed E-state index contributed by atoms with van der Waals surface area (Å²) in [5.74, 6) is -0.601. The van der Waals surface area contributed by atoms with E-state index in [2.05, 4.69) is 11.4 Å². The quantitative estimate of drug-likeness (QED) is 0.736. The van der Waals surface area contributed by atoms with E-state index in [1.807, 2.05) is 13.8 Å². The maximum atomic E-state index is 11.9. The molecule has 2 N–H and O–H groups in total. The molecule has 0 aliphatic carbocycles. The highest BCUT2D eigenvalue weighted by Crippen LogP contribution is 2.09. The molecule has 1 heterocycles. The second-order valence-corrected chi connectivity index (χ2v) is 4.98. The first kappa shape index (κ1) is 14.5. The Labute approximate surface area is 108 Å². The minimum absolute atomic E-state index is 0.0513. The molecule has 1 aliphatic rings. The van der Waals surface area contributed by atoms with Gasteiger partial charge in [-0.1, -0.05) is 18.6 Å². The van der Waals surface area contributed by atoms with Gasteiger partial charge in [0.1, 0.15) is 0 Å². The molecule has 0 aromatic rings. The summed E-state index contributed by atoms with van der Waals surface area (Å²) < 4.78 is 0. The predicted octanol–water partition coefficient (Wildman–Crippen LogP) is 1.85. The van der Waals surface area contributed by atoms with E-state index in [4.69, 9.17) is 5.11 Å². The first-order valence-electron chi connectivity index (χ1n) is 6.39. The van der Waals surface area contributed by atoms with Gasteiger partial charge < -0.3 is 15.3 Å². The number of carbonyl (C=O) groups excluding carboxylic acids is 1. The zero-order chi connectivity index (χ0) is 13.5. The number of urea groups is 1. The zero-order valence-corrected chi connectivity index (χ0v) is 11.1. The number of nitrogens with zero attached hydrogens (tertiary/aromatic N) is 1. The van der Waals surface area contributed by atoms with Crippen LogP contribution in [0.3, 0.4) is 0 Å². The van der Waals surface area contributed by atoms with Crippen LogP contribution in [0.15, 0.2) is 11.6 Å². The Kier molecular flexibility index (Phi) is 5.68. The fraction of sp³-hybridized carbons (Fsp3) is 0.692. The standard InChI is InChI=1S/C13H22N2O3/c1-10(5-6-12(16)17)8-14-13(18)15-7-3-4-11(2)9-15/h4,10H,3,5-9H2,1-2H3,(H,14,18)(H,16,17). The van der Waals surface area contributed by atoms with Crippen LogP contribution in [0.4, 0.5) is 4.79 Å². The van der Waals surface area contributed by atoms with Gasteiger partial charge in [0.15, 0.2) is 0 Å². The van der Waals surface area contributed by atoms with Gasteiger partial charge in [-0.05, 0) is 25.7 Å². The van der Waals surface area contributed by atoms with E-state index in [1.54, 1.807) is 4.90 Å². The summed E-state index contributed by atoms with van der Waals surface area (Å²) in [6.07, 6.45) is 3.81. The lowest BCUT2D eigenvalue weighted by Crippen LogP contribution is -2.43. The molecule has 1 atom stereocenters. The van der Waals surface area contributed by atoms with E-state index in [-0.39, 0.29) is 18.4 Å². The lowest BCUT2D eigenvalue weighted by Gasteiger charge is -2.27. The van der Waals surface area contributed by atoms with Crippen molar-refractivity contribution in [3.8, 4) is 0 Å². The molecule has 0 bridgehead atoms. The SMILES string of the molecule is CC1=CCCN(C(=O)NCC(C)CCC(=O)O)C1. The van der Waals surface area contributed by atoms with Gasteiger partial charge in [0.05, 0.1) is 0 Å². The molecule has 102 valence electrons. The van der Waals surface area contributed by atoms with Crippen LogP contribution in [0.5, 0.6) is 0 Å². The van der Waals surface area contributed by atoms with Crippen LogP contribution < -0.4 is 5.32 Å². The number of amides is 2. The molecule has 5 nitrogen and oxygen atoms in total. The summed E-state index contributed by atoms with van der Waals surface area (Å²) in [6.45, 7) is 5.95. The van der Waals surface area contributed by atoms with E-state index in [0.29, 0.717) is 19.5 Å². The Morgan fingerprint density at radius 2 is 2.28 bits per heavy atom. The van der Waals surface area contributed by atoms with Crippen LogP contribution in [-0.4, -0.2) is 41.6 Å². The summed E-state index contributed by atoms with van der Waals surface area (Å²) in [7, 11) is 0. The first-order valence-corrected chi connectivity index (χ1v) is 6.39. The third kappa shape index (κ3) is 5.21. The van der Waals surface area contributed by atoms with E-state index in [1.165, 1.54) is 5.57 Å². The number of carbonyl (C=O) groups is 2. The maximum Gasteiger partial charge on any atom is 0.317 e. The second-order valence-electron chi connectivity index (χ2n) is 4.98. The minimum atomic E-state index is -0.787. The van der Waals surface area contributed by atoms with Crippen LogP contribution in [0.1, 0.15) is 33.1 Å². The summed E-state index contributed by atoms with van der Waals surface area (Å²) >= 11 is 0. The molecule has 1 unspecified atom stereocenters. The van der Waals surface area contributed by atoms with Gasteiger partial charge in [-0.25, -0.2) is 4.79 Å². The van der Waals surface area contributed by atoms with E-state index >= 15 is 0 Å². The molecule has 1 aliphatic heterocycles. The first-order chi connectivity index (χ1) is 8.49. The predicted molar refractivity (Wildman–Crippen MR) is 69.4 cm³/mol. The molecule has 18 heavy (non-hydrogen) atoms. The van der Waals surface area contributed by atoms with Gasteiger partial charge in [-0.2, -0.15) is 0 Å². The number of hydrogen-bond donors (Lipinski definition) is 2. The van der Waals surface area contributed by atoms with Crippen LogP contribution >= 0.6 is 0 Å². The number of aliphatic carboxylic acids is 1. The Balaban J connectivity index is 2.24. The monoisotopic (exact) mass is 254 g/mol. The third-order valence-electron chi connectivity index (χ3n) is 3.07. The van der Waals surface area contributed by atoms with Gasteiger partial charge >= 0.3 is 12.0 Å². The molecule has 0 spiro atoms. The number of rotatable bonds is 5. The summed E-state index contributed by atoms with van der Waals surface area (Å²) in [4.78, 5) is 24.1. The number of carboxylic acid groups (broad SMARTS) is 1. The fourth-order valence-electron chi connectivity index (χ4n) is 1.93. The zero-order valence-electron chi connectivity index (χ0n) is 11.1. The number of carboxylic acids is 1. The third-order valence-corrected chi connectivity index (χ3v) is 3.07. The van der Waals surface area contributed by atoms with Crippen molar-refractivity contribution in [2.45, 2.75) is 33.1 Å². The molecule has 5 heteroatoms. The molecule has 0 aromatic heterocycles. The summed E-state index contributed by atoms with van der Waals surface area (Å²) in [6, 6.07) is -0.0513. The molecule has 1 rings (SSSR count). The average Bonchev–Trinajstić information content (AvgIpc) is 2.33. The van der Waals surface area contributed by atoms with E-state index in [0.717, 1.165) is 13.0 Å². The van der Waals surface area contributed by atoms with Gasteiger partial charge in [0, 0.05) is 26.1 Å². The highest BCUT2D eigenvalue weighted by atomic mass is 16.4. The fourth-order valence-corrected chi connectivity index (χ4v) is 1.93. The van der Waals surface area contributed by atoms with Crippen LogP contribution in [-0.2, 0) is 4.79 Å². The van der Waals surface area contributed by atoms with Gasteiger partial charge in [0.25, 0.3) is 0 Å². The molecule has 0 radical (unpaired) electrons. The summed E-state index contributed by atoms with van der Waals surface area (Å²) in [5.41, 5.74) is 1.22. The highest BCUT2D eigenvalue weighted by Gasteiger charge is 2.16. The molecule has 0 aromatic carbocycles. The van der Waals surface area contributed by atoms with E-state index < -0.39 is 5.97 Å². The van der Waals surface area contributed by atoms with Crippen LogP contribution in [0.2, 0.25) is 0 Å². The molecular weight excluding hydrogens is 232 g/mol. The lowest BCUT2D eigenvalue weighted by molar-refractivity contribution is -0.137. The smallest absolute Gasteiger partial charge is 0.317 e. The Morgan fingerprint density at radius 1 is 1.56 bits per heavy atom. The van der Waals surface area contributed by atoms with Crippen molar-refractivity contribution in [3.05, 3.63) is 11.6 Å². The topological polar surface area (TPSA) is 69.6 Å².